The van der Waals surface area contributed by atoms with Crippen LogP contribution in [0.1, 0.15) is 19.5 Å². The van der Waals surface area contributed by atoms with Crippen LogP contribution in [0.5, 0.6) is 0 Å². The van der Waals surface area contributed by atoms with Gasteiger partial charge in [0.15, 0.2) is 0 Å². The van der Waals surface area contributed by atoms with Gasteiger partial charge >= 0.3 is 0 Å². The molecule has 0 amide bonds. The van der Waals surface area contributed by atoms with Crippen LogP contribution < -0.4 is 15.6 Å². The zero-order valence-electron chi connectivity index (χ0n) is 16.0. The van der Waals surface area contributed by atoms with Crippen LogP contribution in [0.2, 0.25) is 0 Å². The van der Waals surface area contributed by atoms with E-state index in [4.69, 9.17) is 20.7 Å². The van der Waals surface area contributed by atoms with Crippen LogP contribution >= 0.6 is 20.4 Å². The number of halogens is 1. The zero-order chi connectivity index (χ0) is 19.1. The summed E-state index contributed by atoms with van der Waals surface area (Å²) in [7, 11) is 8.36. The lowest BCUT2D eigenvalue weighted by atomic mass is 10.1. The number of pyridine rings is 1. The summed E-state index contributed by atoms with van der Waals surface area (Å²) in [6.07, 6.45) is 0. The molecule has 2 heterocycles. The molecule has 1 atom stereocenters. The maximum absolute atomic E-state index is 7.00. The van der Waals surface area contributed by atoms with Crippen LogP contribution in [0.3, 0.4) is 0 Å². The Bertz CT molecular complexity index is 1170. The van der Waals surface area contributed by atoms with Crippen molar-refractivity contribution in [3.05, 3.63) is 52.0 Å². The van der Waals surface area contributed by atoms with Gasteiger partial charge in [-0.15, -0.1) is 0 Å². The third-order valence-electron chi connectivity index (χ3n) is 5.01. The summed E-state index contributed by atoms with van der Waals surface area (Å²) in [6.45, 7) is 8.29. The van der Waals surface area contributed by atoms with Crippen LogP contribution in [0.4, 0.5) is 17.1 Å². The van der Waals surface area contributed by atoms with E-state index in [9.17, 15) is 0 Å². The molecule has 6 heteroatoms. The Morgan fingerprint density at radius 2 is 1.89 bits per heavy atom. The van der Waals surface area contributed by atoms with E-state index in [0.717, 1.165) is 55.8 Å². The highest BCUT2D eigenvalue weighted by Gasteiger charge is 2.18. The predicted molar refractivity (Wildman–Crippen MR) is 117 cm³/mol. The highest BCUT2D eigenvalue weighted by molar-refractivity contribution is 8.29. The van der Waals surface area contributed by atoms with Crippen molar-refractivity contribution in [2.75, 3.05) is 30.4 Å². The van der Waals surface area contributed by atoms with Gasteiger partial charge in [0.2, 0.25) is 0 Å². The van der Waals surface area contributed by atoms with Crippen molar-refractivity contribution in [1.29, 1.82) is 0 Å². The molecule has 4 rings (SSSR count). The Hall–Kier alpha value is -2.11. The fourth-order valence-corrected chi connectivity index (χ4v) is 5.59. The largest absolute Gasteiger partial charge is 0.386 e. The molecule has 0 radical (unpaired) electrons. The molecule has 2 aromatic carbocycles. The summed E-state index contributed by atoms with van der Waals surface area (Å²) < 4.78 is 1.09. The van der Waals surface area contributed by atoms with Gasteiger partial charge in [-0.2, -0.15) is 0 Å². The highest BCUT2D eigenvalue weighted by atomic mass is 35.7. The summed E-state index contributed by atoms with van der Waals surface area (Å²) in [5.41, 5.74) is 5.06. The monoisotopic (exact) mass is 398 g/mol. The topological polar surface area (TPSA) is 40.5 Å². The number of aromatic nitrogens is 1. The number of hydrogen-bond donors (Lipinski definition) is 1. The molecule has 0 fully saturated rings. The molecule has 0 bridgehead atoms. The van der Waals surface area contributed by atoms with Crippen molar-refractivity contribution >= 4 is 48.3 Å². The van der Waals surface area contributed by atoms with Gasteiger partial charge in [0.25, 0.3) is 0 Å². The molecule has 0 aliphatic carbocycles. The minimum atomic E-state index is -0.560. The first-order chi connectivity index (χ1) is 13.1. The first-order valence-corrected chi connectivity index (χ1v) is 11.3. The Labute approximate surface area is 166 Å². The lowest BCUT2D eigenvalue weighted by Crippen LogP contribution is -2.22. The van der Waals surface area contributed by atoms with Crippen molar-refractivity contribution in [2.45, 2.75) is 25.7 Å². The lowest BCUT2D eigenvalue weighted by molar-refractivity contribution is 0.865. The molecule has 1 aliphatic heterocycles. The maximum atomic E-state index is 7.00. The van der Waals surface area contributed by atoms with Gasteiger partial charge in [-0.05, 0) is 67.9 Å². The van der Waals surface area contributed by atoms with Gasteiger partial charge in [0.1, 0.15) is 0 Å². The van der Waals surface area contributed by atoms with Crippen molar-refractivity contribution in [3.63, 3.8) is 0 Å². The van der Waals surface area contributed by atoms with Crippen LogP contribution in [0.15, 0.2) is 46.3 Å². The standard InChI is InChI=1S/C21H23ClN4S/c1-5-26(6-2)14-8-10-16-18(11-14)27(22)19-12-17(23-4)20-15(21(19)25-16)9-7-13(3)24-20/h7-12,23H,5-6H2,1-4H3. The summed E-state index contributed by atoms with van der Waals surface area (Å²) >= 11 is 0. The minimum absolute atomic E-state index is 0.560. The molecule has 1 unspecified atom stereocenters. The van der Waals surface area contributed by atoms with E-state index in [1.54, 1.807) is 0 Å². The Morgan fingerprint density at radius 1 is 1.11 bits per heavy atom. The minimum Gasteiger partial charge on any atom is -0.386 e. The van der Waals surface area contributed by atoms with E-state index in [2.05, 4.69) is 54.4 Å². The fraction of sp³-hybridized carbons (Fsp3) is 0.286. The van der Waals surface area contributed by atoms with Crippen LogP contribution in [0, 0.1) is 11.4 Å². The summed E-state index contributed by atoms with van der Waals surface area (Å²) in [4.78, 5) is 13.1. The number of rotatable bonds is 4. The first-order valence-electron chi connectivity index (χ1n) is 9.20. The number of anilines is 2. The Balaban J connectivity index is 2.03. The highest BCUT2D eigenvalue weighted by Crippen LogP contribution is 2.47. The molecule has 0 saturated carbocycles. The van der Waals surface area contributed by atoms with Gasteiger partial charge in [-0.25, -0.2) is 4.99 Å². The number of benzene rings is 2. The zero-order valence-corrected chi connectivity index (χ0v) is 17.6. The quantitative estimate of drug-likeness (QED) is 0.596. The van der Waals surface area contributed by atoms with Crippen LogP contribution in [-0.4, -0.2) is 25.1 Å². The van der Waals surface area contributed by atoms with E-state index >= 15 is 0 Å². The number of aryl methyl sites for hydroxylation is 1. The van der Waals surface area contributed by atoms with Crippen molar-refractivity contribution in [1.82, 2.24) is 4.98 Å². The second kappa shape index (κ2) is 7.13. The van der Waals surface area contributed by atoms with Gasteiger partial charge < -0.3 is 10.2 Å². The van der Waals surface area contributed by atoms with E-state index < -0.39 is 9.70 Å². The van der Waals surface area contributed by atoms with Crippen molar-refractivity contribution < 1.29 is 0 Å². The van der Waals surface area contributed by atoms with Crippen molar-refractivity contribution in [2.24, 2.45) is 4.99 Å². The van der Waals surface area contributed by atoms with Gasteiger partial charge in [-0.3, -0.25) is 4.98 Å². The molecular formula is C21H23ClN4S. The molecule has 0 saturated heterocycles. The average Bonchev–Trinajstić information content (AvgIpc) is 2.69. The van der Waals surface area contributed by atoms with Gasteiger partial charge in [0, 0.05) is 46.3 Å². The molecule has 27 heavy (non-hydrogen) atoms. The normalized spacial score (nSPS) is 15.1. The molecule has 4 nitrogen and oxygen atoms in total. The van der Waals surface area contributed by atoms with E-state index in [1.807, 2.05) is 20.0 Å². The molecule has 1 aliphatic rings. The molecule has 0 spiro atoms. The second-order valence-corrected chi connectivity index (χ2v) is 8.88. The number of hydrogen-bond acceptors (Lipinski definition) is 4. The molecule has 140 valence electrons. The lowest BCUT2D eigenvalue weighted by Gasteiger charge is -2.22. The summed E-state index contributed by atoms with van der Waals surface area (Å²) in [6, 6.07) is 12.7. The third kappa shape index (κ3) is 2.99. The summed E-state index contributed by atoms with van der Waals surface area (Å²) in [5, 5.41) is 5.27. The molecule has 1 N–H and O–H groups in total. The fourth-order valence-electron chi connectivity index (χ4n) is 3.56. The van der Waals surface area contributed by atoms with Gasteiger partial charge in [-0.1, -0.05) is 9.70 Å². The third-order valence-corrected chi connectivity index (χ3v) is 7.42. The SMILES string of the molecule is CCN(CC)c1ccc2c(c1)=S(Cl)c1cc(NC)c3nc(C)ccc3c1N=2. The van der Waals surface area contributed by atoms with E-state index in [-0.39, 0.29) is 0 Å². The number of fused-ring (bicyclic) bond motifs is 4. The first kappa shape index (κ1) is 18.3. The maximum Gasteiger partial charge on any atom is 0.0958 e. The van der Waals surface area contributed by atoms with Gasteiger partial charge in [0.05, 0.1) is 22.2 Å². The average molecular weight is 399 g/mol. The molecule has 3 aromatic rings. The summed E-state index contributed by atoms with van der Waals surface area (Å²) in [5.74, 6) is 0. The smallest absolute Gasteiger partial charge is 0.0958 e. The van der Waals surface area contributed by atoms with E-state index in [1.165, 1.54) is 5.69 Å². The Kier molecular flexibility index (Phi) is 4.82. The molecule has 1 aromatic heterocycles. The van der Waals surface area contributed by atoms with Crippen LogP contribution in [0.25, 0.3) is 10.9 Å². The Morgan fingerprint density at radius 3 is 2.59 bits per heavy atom. The molecular weight excluding hydrogens is 376 g/mol. The second-order valence-electron chi connectivity index (χ2n) is 6.56. The number of nitrogens with one attached hydrogen (secondary N) is 1. The van der Waals surface area contributed by atoms with Crippen LogP contribution in [-0.2, 0) is 0 Å². The predicted octanol–water partition coefficient (Wildman–Crippen LogP) is 5.43. The van der Waals surface area contributed by atoms with Crippen molar-refractivity contribution in [3.8, 4) is 0 Å². The van der Waals surface area contributed by atoms with E-state index in [0.29, 0.717) is 0 Å². The number of nitrogens with zero attached hydrogens (tertiary/aromatic N) is 3.